The molecule has 0 aliphatic rings. The average Bonchev–Trinajstić information content (AvgIpc) is 2.38. The van der Waals surface area contributed by atoms with Crippen molar-refractivity contribution in [3.63, 3.8) is 0 Å². The Morgan fingerprint density at radius 2 is 1.29 bits per heavy atom. The molecule has 0 spiro atoms. The summed E-state index contributed by atoms with van der Waals surface area (Å²) in [5.74, 6) is 0.308. The molecule has 0 heterocycles. The molecule has 2 aromatic carbocycles. The van der Waals surface area contributed by atoms with Crippen LogP contribution < -0.4 is 0 Å². The molecule has 1 unspecified atom stereocenters. The van der Waals surface area contributed by atoms with Crippen LogP contribution in [0.3, 0.4) is 0 Å². The van der Waals surface area contributed by atoms with Crippen LogP contribution in [0.1, 0.15) is 21.9 Å². The zero-order chi connectivity index (χ0) is 18.7. The predicted molar refractivity (Wildman–Crippen MR) is 89.5 cm³/mol. The summed E-state index contributed by atoms with van der Waals surface area (Å²) in [5, 5.41) is 9.52. The van der Waals surface area contributed by atoms with Crippen molar-refractivity contribution < 1.29 is 30.3 Å². The second kappa shape index (κ2) is 6.48. The Balaban J connectivity index is 0.000000351. The number of halogens is 6. The molecular formula is C15H17F6OPS. The Bertz CT molecular complexity index is 656. The monoisotopic (exact) mass is 390 g/mol. The second-order valence-electron chi connectivity index (χ2n) is 5.29. The minimum atomic E-state index is -10.7. The van der Waals surface area contributed by atoms with E-state index in [0.717, 1.165) is 6.42 Å². The van der Waals surface area contributed by atoms with Crippen LogP contribution in [0.5, 0.6) is 5.75 Å². The van der Waals surface area contributed by atoms with Crippen LogP contribution in [0.4, 0.5) is 25.2 Å². The minimum absolute atomic E-state index is 0.276. The fourth-order valence-electron chi connectivity index (χ4n) is 1.78. The number of hydrogen-bond donors (Lipinski definition) is 1. The third kappa shape index (κ3) is 11.2. The summed E-state index contributed by atoms with van der Waals surface area (Å²) < 4.78 is 59.2. The molecule has 1 nitrogen and oxygen atoms in total. The molecule has 1 N–H and O–H groups in total. The summed E-state index contributed by atoms with van der Waals surface area (Å²) in [7, 11) is -10.7. The van der Waals surface area contributed by atoms with Crippen LogP contribution in [0.2, 0.25) is 0 Å². The van der Waals surface area contributed by atoms with E-state index in [1.165, 1.54) is 16.7 Å². The third-order valence-corrected chi connectivity index (χ3v) is 3.39. The Kier molecular flexibility index (Phi) is 5.58. The van der Waals surface area contributed by atoms with Gasteiger partial charge in [0, 0.05) is 12.0 Å². The van der Waals surface area contributed by atoms with Gasteiger partial charge in [0.2, 0.25) is 0 Å². The van der Waals surface area contributed by atoms with E-state index in [4.69, 9.17) is 0 Å². The number of aryl methyl sites for hydroxylation is 1. The molecule has 0 aliphatic heterocycles. The van der Waals surface area contributed by atoms with Crippen LogP contribution in [-0.4, -0.2) is 5.11 Å². The van der Waals surface area contributed by atoms with E-state index in [-0.39, 0.29) is 5.25 Å². The number of phenolic OH excluding ortho intramolecular Hbond substituents is 1. The SMILES string of the molecule is Cc1ccc(CC([SH2+])c2ccc(O)cc2)cc1.F[P-](F)(F)(F)(F)F. The van der Waals surface area contributed by atoms with Gasteiger partial charge in [-0.25, -0.2) is 0 Å². The van der Waals surface area contributed by atoms with Crippen LogP contribution in [0, 0.1) is 6.92 Å². The van der Waals surface area contributed by atoms with E-state index >= 15 is 0 Å². The summed E-state index contributed by atoms with van der Waals surface area (Å²) >= 11 is 3.74. The van der Waals surface area contributed by atoms with E-state index in [0.29, 0.717) is 5.75 Å². The molecule has 9 heteroatoms. The van der Waals surface area contributed by atoms with Gasteiger partial charge in [0.05, 0.1) is 0 Å². The van der Waals surface area contributed by atoms with Crippen molar-refractivity contribution in [2.75, 3.05) is 0 Å². The zero-order valence-corrected chi connectivity index (χ0v) is 14.5. The Morgan fingerprint density at radius 3 is 1.71 bits per heavy atom. The van der Waals surface area contributed by atoms with E-state index in [2.05, 4.69) is 43.8 Å². The molecule has 0 radical (unpaired) electrons. The molecule has 24 heavy (non-hydrogen) atoms. The molecule has 1 atom stereocenters. The Labute approximate surface area is 141 Å². The van der Waals surface area contributed by atoms with Gasteiger partial charge in [0.15, 0.2) is 0 Å². The Morgan fingerprint density at radius 1 is 0.875 bits per heavy atom. The molecule has 0 amide bonds. The molecule has 0 aromatic heterocycles. The van der Waals surface area contributed by atoms with Crippen molar-refractivity contribution in [2.45, 2.75) is 18.6 Å². The van der Waals surface area contributed by atoms with Crippen LogP contribution in [-0.2, 0) is 19.0 Å². The first kappa shape index (κ1) is 20.6. The van der Waals surface area contributed by atoms with Gasteiger partial charge >= 0.3 is 33.0 Å². The summed E-state index contributed by atoms with van der Waals surface area (Å²) in [4.78, 5) is 0. The van der Waals surface area contributed by atoms with Gasteiger partial charge in [-0.05, 0) is 37.2 Å². The average molecular weight is 390 g/mol. The normalized spacial score (nSPS) is 15.5. The molecule has 136 valence electrons. The fraction of sp³-hybridized carbons (Fsp3) is 0.200. The molecule has 2 rings (SSSR count). The summed E-state index contributed by atoms with van der Waals surface area (Å²) in [5.41, 5.74) is 3.77. The second-order valence-corrected chi connectivity index (χ2v) is 7.91. The first-order valence-corrected chi connectivity index (χ1v) is 9.33. The van der Waals surface area contributed by atoms with Gasteiger partial charge in [-0.2, -0.15) is 0 Å². The van der Waals surface area contributed by atoms with Crippen LogP contribution >= 0.6 is 7.81 Å². The third-order valence-electron chi connectivity index (χ3n) is 2.86. The van der Waals surface area contributed by atoms with Gasteiger partial charge < -0.3 is 5.11 Å². The van der Waals surface area contributed by atoms with Crippen LogP contribution in [0.15, 0.2) is 48.5 Å². The molecule has 0 fully saturated rings. The maximum atomic E-state index is 9.87. The summed E-state index contributed by atoms with van der Waals surface area (Å²) in [6, 6.07) is 15.9. The summed E-state index contributed by atoms with van der Waals surface area (Å²) in [6.07, 6.45) is 0.946. The first-order valence-electron chi connectivity index (χ1n) is 6.72. The topological polar surface area (TPSA) is 20.2 Å². The van der Waals surface area contributed by atoms with E-state index < -0.39 is 7.81 Å². The molecule has 0 aliphatic carbocycles. The molecule has 0 saturated heterocycles. The van der Waals surface area contributed by atoms with Gasteiger partial charge in [-0.3, -0.25) is 0 Å². The number of hydrogen-bond acceptors (Lipinski definition) is 1. The first-order chi connectivity index (χ1) is 10.6. The fourth-order valence-corrected chi connectivity index (χ4v) is 2.21. The molecule has 0 bridgehead atoms. The number of benzene rings is 2. The maximum absolute atomic E-state index is 10.7. The molecule has 2 aromatic rings. The van der Waals surface area contributed by atoms with Crippen molar-refractivity contribution in [2.24, 2.45) is 0 Å². The van der Waals surface area contributed by atoms with E-state index in [9.17, 15) is 30.3 Å². The van der Waals surface area contributed by atoms with Crippen molar-refractivity contribution in [1.82, 2.24) is 0 Å². The van der Waals surface area contributed by atoms with E-state index in [1.54, 1.807) is 12.1 Å². The number of aromatic hydroxyl groups is 1. The van der Waals surface area contributed by atoms with Crippen molar-refractivity contribution >= 4 is 20.4 Å². The quantitative estimate of drug-likeness (QED) is 0.366. The van der Waals surface area contributed by atoms with Crippen molar-refractivity contribution in [1.29, 1.82) is 0 Å². The zero-order valence-electron chi connectivity index (χ0n) is 12.6. The van der Waals surface area contributed by atoms with Crippen molar-refractivity contribution in [3.8, 4) is 5.75 Å². The van der Waals surface area contributed by atoms with E-state index in [1.807, 2.05) is 12.1 Å². The van der Waals surface area contributed by atoms with Crippen LogP contribution in [0.25, 0.3) is 0 Å². The predicted octanol–water partition coefficient (Wildman–Crippen LogP) is 6.38. The standard InChI is InChI=1S/C15H16OS.F6P/c1-11-2-4-12(5-3-11)10-15(17)13-6-8-14(16)9-7-13;1-7(2,3,4,5)6/h2-9,15-17H,10H2,1H3;/q;-1/p+1. The number of rotatable bonds is 3. The number of phenols is 1. The van der Waals surface area contributed by atoms with Gasteiger partial charge in [0.1, 0.15) is 11.0 Å². The van der Waals surface area contributed by atoms with Gasteiger partial charge in [-0.15, -0.1) is 0 Å². The summed E-state index contributed by atoms with van der Waals surface area (Å²) in [6.45, 7) is 2.09. The molecule has 0 saturated carbocycles. The van der Waals surface area contributed by atoms with Crippen molar-refractivity contribution in [3.05, 3.63) is 65.2 Å². The molecular weight excluding hydrogens is 373 g/mol. The van der Waals surface area contributed by atoms with Gasteiger partial charge in [0.25, 0.3) is 0 Å². The Hall–Kier alpha value is -1.40. The van der Waals surface area contributed by atoms with Gasteiger partial charge in [-0.1, -0.05) is 42.0 Å².